The third-order valence-electron chi connectivity index (χ3n) is 3.76. The molecular formula is C17H29N3O. The lowest BCUT2D eigenvalue weighted by atomic mass is 10.2. The summed E-state index contributed by atoms with van der Waals surface area (Å²) in [6.45, 7) is 8.02. The Kier molecular flexibility index (Phi) is 6.43. The Labute approximate surface area is 128 Å². The van der Waals surface area contributed by atoms with Gasteiger partial charge in [0, 0.05) is 18.5 Å². The molecule has 0 aliphatic heterocycles. The number of hydrogen-bond acceptors (Lipinski definition) is 4. The van der Waals surface area contributed by atoms with E-state index < -0.39 is 0 Å². The highest BCUT2D eigenvalue weighted by Crippen LogP contribution is 2.22. The average Bonchev–Trinajstić information content (AvgIpc) is 3.29. The second-order valence-corrected chi connectivity index (χ2v) is 6.26. The molecule has 0 atom stereocenters. The predicted octanol–water partition coefficient (Wildman–Crippen LogP) is 3.81. The Hall–Kier alpha value is -1.16. The molecule has 0 bridgehead atoms. The maximum atomic E-state index is 5.91. The molecule has 1 aliphatic carbocycles. The van der Waals surface area contributed by atoms with Gasteiger partial charge in [0.1, 0.15) is 5.82 Å². The van der Waals surface area contributed by atoms with Crippen molar-refractivity contribution in [3.05, 3.63) is 17.7 Å². The summed E-state index contributed by atoms with van der Waals surface area (Å²) in [7, 11) is 0. The molecule has 0 amide bonds. The van der Waals surface area contributed by atoms with Crippen molar-refractivity contribution in [2.24, 2.45) is 0 Å². The maximum absolute atomic E-state index is 5.91. The van der Waals surface area contributed by atoms with Gasteiger partial charge in [-0.3, -0.25) is 0 Å². The molecule has 118 valence electrons. The van der Waals surface area contributed by atoms with Gasteiger partial charge in [0.25, 0.3) is 0 Å². The lowest BCUT2D eigenvalue weighted by molar-refractivity contribution is 0.297. The number of unbranched alkanes of at least 4 members (excludes halogenated alkanes) is 3. The van der Waals surface area contributed by atoms with Gasteiger partial charge in [-0.15, -0.1) is 0 Å². The van der Waals surface area contributed by atoms with Crippen molar-refractivity contribution in [1.29, 1.82) is 0 Å². The fraction of sp³-hybridized carbons (Fsp3) is 0.765. The summed E-state index contributed by atoms with van der Waals surface area (Å²) in [5, 5.41) is 3.52. The van der Waals surface area contributed by atoms with E-state index in [4.69, 9.17) is 4.74 Å². The van der Waals surface area contributed by atoms with Crippen LogP contribution in [0.3, 0.4) is 0 Å². The van der Waals surface area contributed by atoms with Gasteiger partial charge < -0.3 is 10.1 Å². The predicted molar refractivity (Wildman–Crippen MR) is 85.6 cm³/mol. The first-order valence-electron chi connectivity index (χ1n) is 8.42. The van der Waals surface area contributed by atoms with Gasteiger partial charge in [0.05, 0.1) is 18.5 Å². The molecule has 1 fully saturated rings. The lowest BCUT2D eigenvalue weighted by Crippen LogP contribution is -2.18. The number of nitrogens with one attached hydrogen (secondary N) is 1. The zero-order chi connectivity index (χ0) is 15.1. The van der Waals surface area contributed by atoms with Crippen LogP contribution in [0.25, 0.3) is 0 Å². The van der Waals surface area contributed by atoms with Gasteiger partial charge in [-0.05, 0) is 19.3 Å². The third kappa shape index (κ3) is 5.62. The first-order valence-corrected chi connectivity index (χ1v) is 8.42. The molecule has 1 aliphatic rings. The number of aromatic nitrogens is 2. The van der Waals surface area contributed by atoms with Crippen LogP contribution in [0.5, 0.6) is 5.75 Å². The minimum absolute atomic E-state index is 0.350. The van der Waals surface area contributed by atoms with Crippen LogP contribution in [-0.4, -0.2) is 22.6 Å². The van der Waals surface area contributed by atoms with E-state index in [1.54, 1.807) is 0 Å². The molecule has 0 spiro atoms. The molecule has 1 aromatic heterocycles. The molecule has 0 aromatic carbocycles. The van der Waals surface area contributed by atoms with Crippen molar-refractivity contribution in [1.82, 2.24) is 15.3 Å². The van der Waals surface area contributed by atoms with Gasteiger partial charge in [-0.2, -0.15) is 0 Å². The fourth-order valence-electron chi connectivity index (χ4n) is 2.19. The zero-order valence-electron chi connectivity index (χ0n) is 13.7. The highest BCUT2D eigenvalue weighted by Gasteiger charge is 2.21. The van der Waals surface area contributed by atoms with Crippen LogP contribution < -0.4 is 10.1 Å². The van der Waals surface area contributed by atoms with Crippen molar-refractivity contribution in [3.63, 3.8) is 0 Å². The van der Waals surface area contributed by atoms with E-state index in [-0.39, 0.29) is 0 Å². The van der Waals surface area contributed by atoms with Crippen molar-refractivity contribution < 1.29 is 4.74 Å². The maximum Gasteiger partial charge on any atom is 0.160 e. The molecule has 1 aromatic rings. The SMILES string of the molecule is CCCCCCOc1cnc(C(C)C)nc1CNC1CC1. The molecule has 0 saturated heterocycles. The number of nitrogens with zero attached hydrogens (tertiary/aromatic N) is 2. The summed E-state index contributed by atoms with van der Waals surface area (Å²) in [5.41, 5.74) is 1.01. The van der Waals surface area contributed by atoms with Crippen molar-refractivity contribution in [2.75, 3.05) is 6.61 Å². The molecule has 0 unspecified atom stereocenters. The van der Waals surface area contributed by atoms with Crippen LogP contribution in [0.4, 0.5) is 0 Å². The Morgan fingerprint density at radius 3 is 2.76 bits per heavy atom. The van der Waals surface area contributed by atoms with Crippen molar-refractivity contribution in [3.8, 4) is 5.75 Å². The summed E-state index contributed by atoms with van der Waals surface area (Å²) < 4.78 is 5.91. The van der Waals surface area contributed by atoms with E-state index in [2.05, 4.69) is 36.1 Å². The quantitative estimate of drug-likeness (QED) is 0.666. The second-order valence-electron chi connectivity index (χ2n) is 6.26. The summed E-state index contributed by atoms with van der Waals surface area (Å²) in [5.74, 6) is 2.10. The Balaban J connectivity index is 1.92. The molecule has 0 radical (unpaired) electrons. The Morgan fingerprint density at radius 1 is 1.29 bits per heavy atom. The van der Waals surface area contributed by atoms with E-state index in [1.807, 2.05) is 6.20 Å². The van der Waals surface area contributed by atoms with Gasteiger partial charge in [-0.1, -0.05) is 40.0 Å². The minimum atomic E-state index is 0.350. The van der Waals surface area contributed by atoms with Crippen LogP contribution in [0.15, 0.2) is 6.20 Å². The number of ether oxygens (including phenoxy) is 1. The molecule has 1 N–H and O–H groups in total. The van der Waals surface area contributed by atoms with E-state index in [0.29, 0.717) is 12.0 Å². The highest BCUT2D eigenvalue weighted by atomic mass is 16.5. The summed E-state index contributed by atoms with van der Waals surface area (Å²) in [4.78, 5) is 9.12. The minimum Gasteiger partial charge on any atom is -0.490 e. The third-order valence-corrected chi connectivity index (χ3v) is 3.76. The molecular weight excluding hydrogens is 262 g/mol. The van der Waals surface area contributed by atoms with Crippen molar-refractivity contribution >= 4 is 0 Å². The lowest BCUT2D eigenvalue weighted by Gasteiger charge is -2.13. The van der Waals surface area contributed by atoms with E-state index >= 15 is 0 Å². The van der Waals surface area contributed by atoms with Gasteiger partial charge >= 0.3 is 0 Å². The molecule has 4 heteroatoms. The van der Waals surface area contributed by atoms with E-state index in [0.717, 1.165) is 36.8 Å². The first-order chi connectivity index (χ1) is 10.2. The normalized spacial score (nSPS) is 14.7. The Morgan fingerprint density at radius 2 is 2.10 bits per heavy atom. The van der Waals surface area contributed by atoms with Crippen LogP contribution in [0.2, 0.25) is 0 Å². The number of hydrogen-bond donors (Lipinski definition) is 1. The van der Waals surface area contributed by atoms with Gasteiger partial charge in [0.15, 0.2) is 5.75 Å². The monoisotopic (exact) mass is 291 g/mol. The van der Waals surface area contributed by atoms with Crippen molar-refractivity contribution in [2.45, 2.75) is 77.8 Å². The molecule has 1 heterocycles. The zero-order valence-corrected chi connectivity index (χ0v) is 13.7. The largest absolute Gasteiger partial charge is 0.490 e. The fourth-order valence-corrected chi connectivity index (χ4v) is 2.19. The first kappa shape index (κ1) is 16.2. The van der Waals surface area contributed by atoms with Crippen LogP contribution >= 0.6 is 0 Å². The summed E-state index contributed by atoms with van der Waals surface area (Å²) >= 11 is 0. The smallest absolute Gasteiger partial charge is 0.160 e. The van der Waals surface area contributed by atoms with Gasteiger partial charge in [-0.25, -0.2) is 9.97 Å². The topological polar surface area (TPSA) is 47.0 Å². The van der Waals surface area contributed by atoms with E-state index in [1.165, 1.54) is 32.1 Å². The summed E-state index contributed by atoms with van der Waals surface area (Å²) in [6.07, 6.45) is 9.30. The molecule has 21 heavy (non-hydrogen) atoms. The van der Waals surface area contributed by atoms with Crippen LogP contribution in [-0.2, 0) is 6.54 Å². The summed E-state index contributed by atoms with van der Waals surface area (Å²) in [6, 6.07) is 0.680. The van der Waals surface area contributed by atoms with Crippen LogP contribution in [0.1, 0.15) is 76.7 Å². The molecule has 1 saturated carbocycles. The Bertz CT molecular complexity index is 430. The molecule has 4 nitrogen and oxygen atoms in total. The highest BCUT2D eigenvalue weighted by molar-refractivity contribution is 5.25. The van der Waals surface area contributed by atoms with Gasteiger partial charge in [0.2, 0.25) is 0 Å². The second kappa shape index (κ2) is 8.32. The van der Waals surface area contributed by atoms with Crippen LogP contribution in [0, 0.1) is 0 Å². The standard InChI is InChI=1S/C17H29N3O/c1-4-5-6-7-10-21-16-12-19-17(13(2)3)20-15(16)11-18-14-8-9-14/h12-14,18H,4-11H2,1-3H3. The van der Waals surface area contributed by atoms with E-state index in [9.17, 15) is 0 Å². The molecule has 2 rings (SSSR count). The number of rotatable bonds is 10. The average molecular weight is 291 g/mol.